The molecule has 0 amide bonds. The molecule has 1 aliphatic heterocycles. The zero-order valence-corrected chi connectivity index (χ0v) is 17.1. The molecule has 9 nitrogen and oxygen atoms in total. The number of aryl methyl sites for hydroxylation is 2. The zero-order valence-electron chi connectivity index (χ0n) is 17.1. The second-order valence-corrected chi connectivity index (χ2v) is 7.54. The molecule has 1 atom stereocenters. The first kappa shape index (κ1) is 18.7. The molecule has 9 heteroatoms. The third-order valence-electron chi connectivity index (χ3n) is 5.46. The van der Waals surface area contributed by atoms with Crippen LogP contribution in [0.4, 0.5) is 5.82 Å². The van der Waals surface area contributed by atoms with Crippen molar-refractivity contribution in [2.75, 3.05) is 18.4 Å². The van der Waals surface area contributed by atoms with Crippen LogP contribution in [0.1, 0.15) is 24.9 Å². The van der Waals surface area contributed by atoms with Gasteiger partial charge in [0.15, 0.2) is 17.0 Å². The van der Waals surface area contributed by atoms with Gasteiger partial charge in [0, 0.05) is 38.1 Å². The van der Waals surface area contributed by atoms with Gasteiger partial charge >= 0.3 is 0 Å². The highest BCUT2D eigenvalue weighted by Crippen LogP contribution is 2.27. The van der Waals surface area contributed by atoms with Crippen molar-refractivity contribution in [3.05, 3.63) is 48.7 Å². The number of nitrogens with one attached hydrogen (secondary N) is 1. The Hall–Kier alpha value is -3.33. The Morgan fingerprint density at radius 1 is 1.20 bits per heavy atom. The third kappa shape index (κ3) is 3.52. The van der Waals surface area contributed by atoms with Crippen molar-refractivity contribution in [3.63, 3.8) is 0 Å². The normalized spacial score (nSPS) is 17.1. The summed E-state index contributed by atoms with van der Waals surface area (Å²) < 4.78 is 7.56. The molecule has 5 rings (SSSR count). The lowest BCUT2D eigenvalue weighted by atomic mass is 10.2. The minimum atomic E-state index is 0.302. The summed E-state index contributed by atoms with van der Waals surface area (Å²) >= 11 is 0. The molecule has 5 heterocycles. The van der Waals surface area contributed by atoms with Crippen molar-refractivity contribution >= 4 is 17.0 Å². The molecule has 4 aromatic heterocycles. The zero-order chi connectivity index (χ0) is 20.5. The monoisotopic (exact) mass is 404 g/mol. The van der Waals surface area contributed by atoms with Gasteiger partial charge in [-0.1, -0.05) is 0 Å². The Morgan fingerprint density at radius 3 is 2.83 bits per heavy atom. The van der Waals surface area contributed by atoms with Crippen LogP contribution in [0.25, 0.3) is 22.6 Å². The van der Waals surface area contributed by atoms with E-state index in [0.717, 1.165) is 72.6 Å². The highest BCUT2D eigenvalue weighted by atomic mass is 16.3. The third-order valence-corrected chi connectivity index (χ3v) is 5.46. The number of hydrogen-bond acceptors (Lipinski definition) is 8. The topological polar surface area (TPSA) is 97.8 Å². The van der Waals surface area contributed by atoms with Gasteiger partial charge in [-0.3, -0.25) is 4.90 Å². The van der Waals surface area contributed by atoms with Crippen LogP contribution in [-0.2, 0) is 13.1 Å². The van der Waals surface area contributed by atoms with E-state index in [1.807, 2.05) is 19.1 Å². The predicted octanol–water partition coefficient (Wildman–Crippen LogP) is 2.89. The fourth-order valence-corrected chi connectivity index (χ4v) is 3.98. The van der Waals surface area contributed by atoms with E-state index >= 15 is 0 Å². The van der Waals surface area contributed by atoms with E-state index in [-0.39, 0.29) is 0 Å². The number of fused-ring (bicyclic) bond motifs is 1. The number of likely N-dealkylation sites (tertiary alicyclic amines) is 1. The van der Waals surface area contributed by atoms with Crippen LogP contribution in [0.3, 0.4) is 0 Å². The van der Waals surface area contributed by atoms with Gasteiger partial charge in [-0.2, -0.15) is 0 Å². The molecule has 0 aromatic carbocycles. The molecule has 1 unspecified atom stereocenters. The number of rotatable bonds is 6. The van der Waals surface area contributed by atoms with E-state index in [9.17, 15) is 0 Å². The molecule has 1 N–H and O–H groups in total. The maximum Gasteiger partial charge on any atom is 0.165 e. The fourth-order valence-electron chi connectivity index (χ4n) is 3.98. The van der Waals surface area contributed by atoms with Crippen LogP contribution in [-0.4, -0.2) is 53.5 Å². The highest BCUT2D eigenvalue weighted by molar-refractivity contribution is 5.86. The number of furan rings is 1. The van der Waals surface area contributed by atoms with Gasteiger partial charge in [0.1, 0.15) is 23.7 Å². The van der Waals surface area contributed by atoms with Gasteiger partial charge in [-0.15, -0.1) is 0 Å². The molecule has 154 valence electrons. The minimum Gasteiger partial charge on any atom is -0.468 e. The first-order chi connectivity index (χ1) is 14.7. The molecule has 30 heavy (non-hydrogen) atoms. The standard InChI is InChI=1S/C21H24N8O/c1-3-29-20(15-9-22-14(2)23-10-15)27-18-19(24-13-25-21(18)29)26-16-6-7-28(11-16)12-17-5-4-8-30-17/h4-5,8-10,13,16H,3,6-7,11-12H2,1-2H3,(H,24,25,26). The summed E-state index contributed by atoms with van der Waals surface area (Å²) in [6.45, 7) is 7.47. The van der Waals surface area contributed by atoms with Crippen LogP contribution in [0.5, 0.6) is 0 Å². The number of hydrogen-bond donors (Lipinski definition) is 1. The van der Waals surface area contributed by atoms with Crippen LogP contribution >= 0.6 is 0 Å². The Morgan fingerprint density at radius 2 is 2.07 bits per heavy atom. The molecular formula is C21H24N8O. The molecule has 1 fully saturated rings. The molecule has 0 spiro atoms. The highest BCUT2D eigenvalue weighted by Gasteiger charge is 2.25. The molecule has 1 aliphatic rings. The summed E-state index contributed by atoms with van der Waals surface area (Å²) in [7, 11) is 0. The lowest BCUT2D eigenvalue weighted by Crippen LogP contribution is -2.26. The van der Waals surface area contributed by atoms with E-state index in [0.29, 0.717) is 6.04 Å². The first-order valence-electron chi connectivity index (χ1n) is 10.2. The van der Waals surface area contributed by atoms with Gasteiger partial charge in [-0.05, 0) is 32.4 Å². The Kier molecular flexibility index (Phi) is 4.88. The van der Waals surface area contributed by atoms with Crippen LogP contribution in [0.15, 0.2) is 41.5 Å². The molecule has 0 aliphatic carbocycles. The lowest BCUT2D eigenvalue weighted by molar-refractivity contribution is 0.295. The summed E-state index contributed by atoms with van der Waals surface area (Å²) in [5, 5.41) is 3.59. The van der Waals surface area contributed by atoms with Gasteiger partial charge < -0.3 is 14.3 Å². The number of aromatic nitrogens is 6. The quantitative estimate of drug-likeness (QED) is 0.524. The molecule has 4 aromatic rings. The van der Waals surface area contributed by atoms with E-state index < -0.39 is 0 Å². The van der Waals surface area contributed by atoms with E-state index in [4.69, 9.17) is 9.40 Å². The number of nitrogens with zero attached hydrogens (tertiary/aromatic N) is 7. The van der Waals surface area contributed by atoms with Crippen molar-refractivity contribution < 1.29 is 4.42 Å². The van der Waals surface area contributed by atoms with Gasteiger partial charge in [0.25, 0.3) is 0 Å². The van der Waals surface area contributed by atoms with Gasteiger partial charge in [0.05, 0.1) is 18.4 Å². The molecule has 0 radical (unpaired) electrons. The fraction of sp³-hybridized carbons (Fsp3) is 0.381. The van der Waals surface area contributed by atoms with Crippen molar-refractivity contribution in [2.45, 2.75) is 39.4 Å². The predicted molar refractivity (Wildman–Crippen MR) is 113 cm³/mol. The summed E-state index contributed by atoms with van der Waals surface area (Å²) in [5.41, 5.74) is 2.47. The van der Waals surface area contributed by atoms with E-state index in [2.05, 4.69) is 41.6 Å². The van der Waals surface area contributed by atoms with Crippen molar-refractivity contribution in [1.29, 1.82) is 0 Å². The van der Waals surface area contributed by atoms with Crippen molar-refractivity contribution in [2.24, 2.45) is 0 Å². The molecule has 1 saturated heterocycles. The smallest absolute Gasteiger partial charge is 0.165 e. The molecule has 0 bridgehead atoms. The van der Waals surface area contributed by atoms with Crippen LogP contribution in [0, 0.1) is 6.92 Å². The lowest BCUT2D eigenvalue weighted by Gasteiger charge is -2.16. The summed E-state index contributed by atoms with van der Waals surface area (Å²) in [6.07, 6.45) is 7.97. The van der Waals surface area contributed by atoms with Crippen molar-refractivity contribution in [3.8, 4) is 11.4 Å². The van der Waals surface area contributed by atoms with E-state index in [1.54, 1.807) is 25.0 Å². The Labute approximate surface area is 174 Å². The second-order valence-electron chi connectivity index (χ2n) is 7.54. The second kappa shape index (κ2) is 7.83. The van der Waals surface area contributed by atoms with E-state index in [1.165, 1.54) is 0 Å². The number of imidazole rings is 1. The van der Waals surface area contributed by atoms with Crippen LogP contribution in [0.2, 0.25) is 0 Å². The summed E-state index contributed by atoms with van der Waals surface area (Å²) in [4.78, 5) is 24.9. The first-order valence-corrected chi connectivity index (χ1v) is 10.2. The van der Waals surface area contributed by atoms with Crippen LogP contribution < -0.4 is 5.32 Å². The Balaban J connectivity index is 1.40. The van der Waals surface area contributed by atoms with Gasteiger partial charge in [0.2, 0.25) is 0 Å². The minimum absolute atomic E-state index is 0.302. The Bertz CT molecular complexity index is 1140. The van der Waals surface area contributed by atoms with Crippen molar-refractivity contribution in [1.82, 2.24) is 34.4 Å². The maximum atomic E-state index is 5.48. The summed E-state index contributed by atoms with van der Waals surface area (Å²) in [6, 6.07) is 4.25. The molecular weight excluding hydrogens is 380 g/mol. The SMILES string of the molecule is CCn1c(-c2cnc(C)nc2)nc2c(NC3CCN(Cc4ccco4)C3)ncnc21. The summed E-state index contributed by atoms with van der Waals surface area (Å²) in [5.74, 6) is 3.31. The number of anilines is 1. The molecule has 0 saturated carbocycles. The van der Waals surface area contributed by atoms with Gasteiger partial charge in [-0.25, -0.2) is 24.9 Å². The average Bonchev–Trinajstić information content (AvgIpc) is 3.49. The largest absolute Gasteiger partial charge is 0.468 e. The maximum absolute atomic E-state index is 5.48. The average molecular weight is 404 g/mol.